The highest BCUT2D eigenvalue weighted by molar-refractivity contribution is 5.95. The summed E-state index contributed by atoms with van der Waals surface area (Å²) in [5, 5.41) is 0. The van der Waals surface area contributed by atoms with E-state index in [2.05, 4.69) is 0 Å². The van der Waals surface area contributed by atoms with Gasteiger partial charge in [0.05, 0.1) is 11.1 Å². The Bertz CT molecular complexity index is 751. The Morgan fingerprint density at radius 2 is 1.29 bits per heavy atom. The van der Waals surface area contributed by atoms with Gasteiger partial charge in [0.25, 0.3) is 0 Å². The fourth-order valence-electron chi connectivity index (χ4n) is 3.36. The number of rotatable bonds is 4. The first-order valence-corrected chi connectivity index (χ1v) is 8.06. The lowest BCUT2D eigenvalue weighted by Gasteiger charge is -2.32. The van der Waals surface area contributed by atoms with Crippen molar-refractivity contribution in [3.63, 3.8) is 0 Å². The van der Waals surface area contributed by atoms with Crippen LogP contribution in [-0.2, 0) is 9.47 Å². The van der Waals surface area contributed by atoms with Crippen LogP contribution in [0.5, 0.6) is 0 Å². The number of carbonyl (C=O) groups excluding carboxylic acids is 2. The van der Waals surface area contributed by atoms with Crippen LogP contribution in [0, 0.1) is 0 Å². The quantitative estimate of drug-likeness (QED) is 0.807. The van der Waals surface area contributed by atoms with E-state index in [-0.39, 0.29) is 11.9 Å². The second-order valence-electron chi connectivity index (χ2n) is 5.93. The Morgan fingerprint density at radius 1 is 0.833 bits per heavy atom. The third kappa shape index (κ3) is 2.20. The van der Waals surface area contributed by atoms with Crippen LogP contribution in [0.1, 0.15) is 57.6 Å². The molecule has 0 radical (unpaired) electrons. The molecule has 0 fully saturated rings. The second kappa shape index (κ2) is 5.76. The van der Waals surface area contributed by atoms with Crippen LogP contribution < -0.4 is 0 Å². The zero-order chi connectivity index (χ0) is 16.7. The summed E-state index contributed by atoms with van der Waals surface area (Å²) in [4.78, 5) is 26.2. The molecule has 0 amide bonds. The van der Waals surface area contributed by atoms with Crippen molar-refractivity contribution in [3.05, 3.63) is 70.8 Å². The fraction of sp³-hybridized carbons (Fsp3) is 0.263. The number of hydrogen-bond donors (Lipinski definition) is 0. The molecule has 0 spiro atoms. The van der Waals surface area contributed by atoms with Crippen molar-refractivity contribution in [2.75, 3.05) is 6.54 Å². The van der Waals surface area contributed by atoms with E-state index in [0.717, 1.165) is 17.5 Å². The van der Waals surface area contributed by atoms with Crippen molar-refractivity contribution < 1.29 is 19.1 Å². The van der Waals surface area contributed by atoms with E-state index in [9.17, 15) is 9.59 Å². The first-order chi connectivity index (χ1) is 11.7. The molecular formula is C19H17NO4. The third-order valence-corrected chi connectivity index (χ3v) is 4.42. The number of ether oxygens (including phenoxy) is 2. The Labute approximate surface area is 139 Å². The normalized spacial score (nSPS) is 21.4. The van der Waals surface area contributed by atoms with E-state index in [1.807, 2.05) is 48.2 Å². The molecule has 122 valence electrons. The molecule has 5 heteroatoms. The fourth-order valence-corrected chi connectivity index (χ4v) is 3.36. The Kier molecular flexibility index (Phi) is 3.58. The molecule has 2 aromatic rings. The Hall–Kier alpha value is -2.66. The summed E-state index contributed by atoms with van der Waals surface area (Å²) in [5.74, 6) is -0.677. The number of carbonyl (C=O) groups is 2. The SMILES string of the molecule is CCCN(C1OC(=O)c2ccccc21)C1OC(=O)c2ccccc21. The molecule has 2 heterocycles. The van der Waals surface area contributed by atoms with Crippen LogP contribution in [-0.4, -0.2) is 23.4 Å². The van der Waals surface area contributed by atoms with Crippen molar-refractivity contribution in [1.82, 2.24) is 4.90 Å². The highest BCUT2D eigenvalue weighted by Gasteiger charge is 2.43. The maximum Gasteiger partial charge on any atom is 0.340 e. The van der Waals surface area contributed by atoms with Gasteiger partial charge in [-0.25, -0.2) is 14.5 Å². The molecule has 2 unspecified atom stereocenters. The van der Waals surface area contributed by atoms with Gasteiger partial charge in [0, 0.05) is 17.7 Å². The Morgan fingerprint density at radius 3 is 1.75 bits per heavy atom. The van der Waals surface area contributed by atoms with Gasteiger partial charge in [-0.1, -0.05) is 43.3 Å². The first-order valence-electron chi connectivity index (χ1n) is 8.06. The van der Waals surface area contributed by atoms with Gasteiger partial charge < -0.3 is 9.47 Å². The molecule has 4 rings (SSSR count). The molecule has 0 saturated heterocycles. The highest BCUT2D eigenvalue weighted by Crippen LogP contribution is 2.42. The molecule has 24 heavy (non-hydrogen) atoms. The number of cyclic esters (lactones) is 2. The van der Waals surface area contributed by atoms with Crippen LogP contribution in [0.2, 0.25) is 0 Å². The van der Waals surface area contributed by atoms with Crippen molar-refractivity contribution in [3.8, 4) is 0 Å². The summed E-state index contributed by atoms with van der Waals surface area (Å²) in [6.07, 6.45) is -0.248. The lowest BCUT2D eigenvalue weighted by atomic mass is 10.1. The van der Waals surface area contributed by atoms with E-state index >= 15 is 0 Å². The number of esters is 2. The van der Waals surface area contributed by atoms with Crippen LogP contribution in [0.25, 0.3) is 0 Å². The van der Waals surface area contributed by atoms with Crippen LogP contribution >= 0.6 is 0 Å². The molecule has 2 atom stereocenters. The van der Waals surface area contributed by atoms with Gasteiger partial charge in [-0.15, -0.1) is 0 Å². The summed E-state index contributed by atoms with van der Waals surface area (Å²) in [5.41, 5.74) is 2.77. The van der Waals surface area contributed by atoms with Crippen molar-refractivity contribution >= 4 is 11.9 Å². The standard InChI is InChI=1S/C19H17NO4/c1-2-11-20(16-12-7-3-5-9-14(12)18(21)23-16)17-13-8-4-6-10-15(13)19(22)24-17/h3-10,16-17H,2,11H2,1H3. The summed E-state index contributed by atoms with van der Waals surface area (Å²) >= 11 is 0. The molecule has 0 aliphatic carbocycles. The van der Waals surface area contributed by atoms with Gasteiger partial charge in [-0.3, -0.25) is 0 Å². The van der Waals surface area contributed by atoms with E-state index < -0.39 is 12.5 Å². The predicted octanol–water partition coefficient (Wildman–Crippen LogP) is 3.44. The summed E-state index contributed by atoms with van der Waals surface area (Å²) in [6.45, 7) is 2.68. The Balaban J connectivity index is 1.75. The average molecular weight is 323 g/mol. The maximum absolute atomic E-state index is 12.2. The van der Waals surface area contributed by atoms with Gasteiger partial charge >= 0.3 is 11.9 Å². The van der Waals surface area contributed by atoms with Crippen LogP contribution in [0.4, 0.5) is 0 Å². The summed E-state index contributed by atoms with van der Waals surface area (Å²) in [6, 6.07) is 14.7. The van der Waals surface area contributed by atoms with E-state index in [1.54, 1.807) is 12.1 Å². The minimum atomic E-state index is -0.544. The van der Waals surface area contributed by atoms with Gasteiger partial charge in [0.1, 0.15) is 0 Å². The largest absolute Gasteiger partial charge is 0.438 e. The highest BCUT2D eigenvalue weighted by atomic mass is 16.6. The van der Waals surface area contributed by atoms with E-state index in [1.165, 1.54) is 0 Å². The molecule has 2 aliphatic rings. The van der Waals surface area contributed by atoms with Crippen LogP contribution in [0.15, 0.2) is 48.5 Å². The third-order valence-electron chi connectivity index (χ3n) is 4.42. The molecule has 2 aromatic carbocycles. The molecule has 0 bridgehead atoms. The van der Waals surface area contributed by atoms with E-state index in [4.69, 9.17) is 9.47 Å². The maximum atomic E-state index is 12.2. The molecule has 0 saturated carbocycles. The molecular weight excluding hydrogens is 306 g/mol. The van der Waals surface area contributed by atoms with Gasteiger partial charge in [0.15, 0.2) is 12.5 Å². The number of fused-ring (bicyclic) bond motifs is 2. The smallest absolute Gasteiger partial charge is 0.340 e. The number of hydrogen-bond acceptors (Lipinski definition) is 5. The zero-order valence-electron chi connectivity index (χ0n) is 13.3. The van der Waals surface area contributed by atoms with Crippen LogP contribution in [0.3, 0.4) is 0 Å². The topological polar surface area (TPSA) is 55.8 Å². The average Bonchev–Trinajstić information content (AvgIpc) is 3.12. The van der Waals surface area contributed by atoms with Crippen molar-refractivity contribution in [2.45, 2.75) is 25.8 Å². The number of benzene rings is 2. The monoisotopic (exact) mass is 323 g/mol. The molecule has 2 aliphatic heterocycles. The predicted molar refractivity (Wildman–Crippen MR) is 86.2 cm³/mol. The zero-order valence-corrected chi connectivity index (χ0v) is 13.3. The number of nitrogens with zero attached hydrogens (tertiary/aromatic N) is 1. The van der Waals surface area contributed by atoms with Crippen molar-refractivity contribution in [2.24, 2.45) is 0 Å². The van der Waals surface area contributed by atoms with Crippen molar-refractivity contribution in [1.29, 1.82) is 0 Å². The minimum absolute atomic E-state index is 0.339. The first kappa shape index (κ1) is 14.9. The molecule has 0 aromatic heterocycles. The van der Waals surface area contributed by atoms with Gasteiger partial charge in [0.2, 0.25) is 0 Å². The molecule has 5 nitrogen and oxygen atoms in total. The summed E-state index contributed by atoms with van der Waals surface area (Å²) < 4.78 is 11.2. The second-order valence-corrected chi connectivity index (χ2v) is 5.93. The molecule has 0 N–H and O–H groups in total. The minimum Gasteiger partial charge on any atom is -0.438 e. The van der Waals surface area contributed by atoms with E-state index in [0.29, 0.717) is 17.7 Å². The summed E-state index contributed by atoms with van der Waals surface area (Å²) in [7, 11) is 0. The lowest BCUT2D eigenvalue weighted by Crippen LogP contribution is -2.34. The van der Waals surface area contributed by atoms with Gasteiger partial charge in [-0.05, 0) is 18.6 Å². The van der Waals surface area contributed by atoms with Gasteiger partial charge in [-0.2, -0.15) is 0 Å². The lowest BCUT2D eigenvalue weighted by molar-refractivity contribution is -0.107.